The molecule has 29 heavy (non-hydrogen) atoms. The van der Waals surface area contributed by atoms with Crippen LogP contribution in [-0.2, 0) is 11.4 Å². The number of rotatable bonds is 7. The van der Waals surface area contributed by atoms with Crippen LogP contribution in [-0.4, -0.2) is 32.2 Å². The molecule has 0 unspecified atom stereocenters. The van der Waals surface area contributed by atoms with Crippen LogP contribution >= 0.6 is 11.8 Å². The Morgan fingerprint density at radius 2 is 1.83 bits per heavy atom. The van der Waals surface area contributed by atoms with Crippen LogP contribution < -0.4 is 15.6 Å². The van der Waals surface area contributed by atoms with E-state index >= 15 is 0 Å². The van der Waals surface area contributed by atoms with Gasteiger partial charge >= 0.3 is 0 Å². The van der Waals surface area contributed by atoms with Crippen molar-refractivity contribution >= 4 is 23.6 Å². The molecule has 8 nitrogen and oxygen atoms in total. The monoisotopic (exact) mass is 411 g/mol. The third kappa shape index (κ3) is 5.82. The Balaban J connectivity index is 1.46. The van der Waals surface area contributed by atoms with E-state index in [-0.39, 0.29) is 18.4 Å². The van der Waals surface area contributed by atoms with Gasteiger partial charge in [0, 0.05) is 5.56 Å². The molecule has 3 rings (SSSR count). The lowest BCUT2D eigenvalue weighted by Crippen LogP contribution is -2.44. The van der Waals surface area contributed by atoms with Gasteiger partial charge in [0.2, 0.25) is 5.16 Å². The number of thioether (sulfide) groups is 1. The van der Waals surface area contributed by atoms with Crippen molar-refractivity contribution in [1.82, 2.24) is 26.0 Å². The number of nitrogens with zero attached hydrogens (tertiary/aromatic N) is 2. The Hall–Kier alpha value is -3.33. The van der Waals surface area contributed by atoms with E-state index in [2.05, 4.69) is 26.0 Å². The second kappa shape index (κ2) is 9.74. The third-order valence-electron chi connectivity index (χ3n) is 3.96. The molecule has 1 heterocycles. The minimum absolute atomic E-state index is 0.242. The van der Waals surface area contributed by atoms with Gasteiger partial charge in [0.05, 0.1) is 5.25 Å². The van der Waals surface area contributed by atoms with E-state index in [9.17, 15) is 9.59 Å². The van der Waals surface area contributed by atoms with Crippen LogP contribution in [0.5, 0.6) is 5.75 Å². The second-order valence-electron chi connectivity index (χ2n) is 6.19. The summed E-state index contributed by atoms with van der Waals surface area (Å²) in [6, 6.07) is 16.3. The molecule has 3 aromatic rings. The molecule has 1 aromatic heterocycles. The average Bonchev–Trinajstić information content (AvgIpc) is 3.19. The molecule has 0 aliphatic rings. The highest BCUT2D eigenvalue weighted by Gasteiger charge is 2.18. The largest absolute Gasteiger partial charge is 0.485 e. The van der Waals surface area contributed by atoms with Gasteiger partial charge in [0.1, 0.15) is 12.4 Å². The summed E-state index contributed by atoms with van der Waals surface area (Å²) in [6.45, 7) is 3.91. The van der Waals surface area contributed by atoms with Gasteiger partial charge in [-0.1, -0.05) is 48.2 Å². The van der Waals surface area contributed by atoms with Gasteiger partial charge in [-0.25, -0.2) is 4.98 Å². The maximum Gasteiger partial charge on any atom is 0.269 e. The summed E-state index contributed by atoms with van der Waals surface area (Å²) in [5, 5.41) is 6.81. The zero-order valence-electron chi connectivity index (χ0n) is 16.0. The maximum absolute atomic E-state index is 12.2. The van der Waals surface area contributed by atoms with Crippen molar-refractivity contribution < 1.29 is 14.3 Å². The van der Waals surface area contributed by atoms with E-state index in [1.807, 2.05) is 37.3 Å². The predicted molar refractivity (Wildman–Crippen MR) is 109 cm³/mol. The fourth-order valence-corrected chi connectivity index (χ4v) is 3.10. The van der Waals surface area contributed by atoms with Gasteiger partial charge in [-0.3, -0.25) is 25.5 Å². The number of benzene rings is 2. The van der Waals surface area contributed by atoms with Crippen LogP contribution in [0.3, 0.4) is 0 Å². The summed E-state index contributed by atoms with van der Waals surface area (Å²) in [6.07, 6.45) is 0. The van der Waals surface area contributed by atoms with E-state index in [1.54, 1.807) is 31.2 Å². The Morgan fingerprint density at radius 1 is 1.10 bits per heavy atom. The number of nitrogens with one attached hydrogen (secondary N) is 3. The van der Waals surface area contributed by atoms with E-state index in [1.165, 1.54) is 11.8 Å². The number of aromatic amines is 1. The van der Waals surface area contributed by atoms with Crippen LogP contribution in [0.1, 0.15) is 28.7 Å². The maximum atomic E-state index is 12.2. The van der Waals surface area contributed by atoms with E-state index in [4.69, 9.17) is 4.74 Å². The predicted octanol–water partition coefficient (Wildman–Crippen LogP) is 2.63. The van der Waals surface area contributed by atoms with Gasteiger partial charge in [0.15, 0.2) is 5.82 Å². The number of hydrogen-bond acceptors (Lipinski definition) is 6. The smallest absolute Gasteiger partial charge is 0.269 e. The van der Waals surface area contributed by atoms with Crippen LogP contribution in [0, 0.1) is 6.92 Å². The SMILES string of the molecule is Cc1ccccc1OCc1nc(S[C@@H](C)C(=O)NNC(=O)c2ccccc2)n[nH]1. The van der Waals surface area contributed by atoms with Crippen molar-refractivity contribution in [3.63, 3.8) is 0 Å². The topological polar surface area (TPSA) is 109 Å². The normalized spacial score (nSPS) is 11.5. The highest BCUT2D eigenvalue weighted by molar-refractivity contribution is 8.00. The first-order chi connectivity index (χ1) is 14.0. The molecule has 2 aromatic carbocycles. The van der Waals surface area contributed by atoms with Crippen LogP contribution in [0.2, 0.25) is 0 Å². The second-order valence-corrected chi connectivity index (χ2v) is 7.50. The number of carbonyl (C=O) groups excluding carboxylic acids is 2. The summed E-state index contributed by atoms with van der Waals surface area (Å²) >= 11 is 1.17. The molecule has 1 atom stereocenters. The molecule has 0 saturated heterocycles. The highest BCUT2D eigenvalue weighted by atomic mass is 32.2. The van der Waals surface area contributed by atoms with E-state index < -0.39 is 5.25 Å². The molecule has 9 heteroatoms. The van der Waals surface area contributed by atoms with Gasteiger partial charge in [0.25, 0.3) is 11.8 Å². The third-order valence-corrected chi connectivity index (χ3v) is 4.92. The summed E-state index contributed by atoms with van der Waals surface area (Å²) in [4.78, 5) is 28.5. The number of carbonyl (C=O) groups is 2. The number of aryl methyl sites for hydroxylation is 1. The van der Waals surface area contributed by atoms with Gasteiger partial charge < -0.3 is 4.74 Å². The van der Waals surface area contributed by atoms with Crippen LogP contribution in [0.15, 0.2) is 59.8 Å². The molecule has 150 valence electrons. The molecule has 0 spiro atoms. The molecule has 0 radical (unpaired) electrons. The summed E-state index contributed by atoms with van der Waals surface area (Å²) in [5.74, 6) is 0.590. The number of amides is 2. The van der Waals surface area contributed by atoms with Gasteiger partial charge in [-0.15, -0.1) is 5.10 Å². The number of para-hydroxylation sites is 1. The van der Waals surface area contributed by atoms with Gasteiger partial charge in [-0.2, -0.15) is 0 Å². The Morgan fingerprint density at radius 3 is 2.59 bits per heavy atom. The summed E-state index contributed by atoms with van der Waals surface area (Å²) < 4.78 is 5.73. The van der Waals surface area contributed by atoms with Crippen LogP contribution in [0.4, 0.5) is 0 Å². The lowest BCUT2D eigenvalue weighted by molar-refractivity contribution is -0.121. The summed E-state index contributed by atoms with van der Waals surface area (Å²) in [5.41, 5.74) is 6.30. The number of aromatic nitrogens is 3. The molecule has 0 fully saturated rings. The molecular weight excluding hydrogens is 390 g/mol. The van der Waals surface area contributed by atoms with Crippen LogP contribution in [0.25, 0.3) is 0 Å². The van der Waals surface area contributed by atoms with Crippen molar-refractivity contribution in [2.45, 2.75) is 30.9 Å². The fourth-order valence-electron chi connectivity index (χ4n) is 2.35. The molecule has 0 bridgehead atoms. The first-order valence-corrected chi connectivity index (χ1v) is 9.82. The minimum Gasteiger partial charge on any atom is -0.485 e. The first kappa shape index (κ1) is 20.4. The summed E-state index contributed by atoms with van der Waals surface area (Å²) in [7, 11) is 0. The minimum atomic E-state index is -0.507. The molecule has 0 saturated carbocycles. The molecular formula is C20H21N5O3S. The molecule has 0 aliphatic heterocycles. The lowest BCUT2D eigenvalue weighted by atomic mass is 10.2. The Bertz CT molecular complexity index is 977. The Labute approximate surface area is 172 Å². The van der Waals surface area contributed by atoms with Crippen molar-refractivity contribution in [1.29, 1.82) is 0 Å². The number of hydrogen-bond donors (Lipinski definition) is 3. The van der Waals surface area contributed by atoms with E-state index in [0.717, 1.165) is 11.3 Å². The molecule has 0 aliphatic carbocycles. The molecule has 3 N–H and O–H groups in total. The van der Waals surface area contributed by atoms with Crippen molar-refractivity contribution in [2.24, 2.45) is 0 Å². The van der Waals surface area contributed by atoms with Crippen molar-refractivity contribution in [3.05, 3.63) is 71.5 Å². The quantitative estimate of drug-likeness (QED) is 0.407. The zero-order valence-corrected chi connectivity index (χ0v) is 16.8. The van der Waals surface area contributed by atoms with E-state index in [0.29, 0.717) is 16.5 Å². The zero-order chi connectivity index (χ0) is 20.6. The number of ether oxygens (including phenoxy) is 1. The fraction of sp³-hybridized carbons (Fsp3) is 0.200. The number of hydrazine groups is 1. The highest BCUT2D eigenvalue weighted by Crippen LogP contribution is 2.20. The standard InChI is InChI=1S/C20H21N5O3S/c1-13-8-6-7-11-16(13)28-12-17-21-20(25-22-17)29-14(2)18(26)23-24-19(27)15-9-4-3-5-10-15/h3-11,14H,12H2,1-2H3,(H,23,26)(H,24,27)(H,21,22,25)/t14-/m0/s1. The Kier molecular flexibility index (Phi) is 6.85. The van der Waals surface area contributed by atoms with Crippen molar-refractivity contribution in [3.8, 4) is 5.75 Å². The average molecular weight is 411 g/mol. The molecule has 2 amide bonds. The lowest BCUT2D eigenvalue weighted by Gasteiger charge is -2.11. The first-order valence-electron chi connectivity index (χ1n) is 8.94. The van der Waals surface area contributed by atoms with Gasteiger partial charge in [-0.05, 0) is 37.6 Å². The van der Waals surface area contributed by atoms with Crippen molar-refractivity contribution in [2.75, 3.05) is 0 Å². The number of H-pyrrole nitrogens is 1.